The molecule has 1 aromatic carbocycles. The van der Waals surface area contributed by atoms with E-state index in [0.717, 1.165) is 17.7 Å². The molecule has 0 bridgehead atoms. The Morgan fingerprint density at radius 2 is 2.05 bits per heavy atom. The normalized spacial score (nSPS) is 20.2. The highest BCUT2D eigenvalue weighted by Gasteiger charge is 2.32. The number of rotatable bonds is 5. The van der Waals surface area contributed by atoms with Crippen LogP contribution in [-0.2, 0) is 16.1 Å². The van der Waals surface area contributed by atoms with Crippen LogP contribution in [0.15, 0.2) is 24.3 Å². The highest BCUT2D eigenvalue weighted by Crippen LogP contribution is 2.19. The Morgan fingerprint density at radius 1 is 1.38 bits per heavy atom. The summed E-state index contributed by atoms with van der Waals surface area (Å²) in [5.41, 5.74) is 12.6. The third-order valence-electron chi connectivity index (χ3n) is 4.01. The van der Waals surface area contributed by atoms with E-state index in [-0.39, 0.29) is 23.8 Å². The van der Waals surface area contributed by atoms with Crippen LogP contribution in [0.1, 0.15) is 18.9 Å². The number of nitrogens with zero attached hydrogens (tertiary/aromatic N) is 1. The summed E-state index contributed by atoms with van der Waals surface area (Å²) >= 11 is 0. The highest BCUT2D eigenvalue weighted by atomic mass is 16.2. The number of amides is 2. The average molecular weight is 290 g/mol. The van der Waals surface area contributed by atoms with Gasteiger partial charge in [0.25, 0.3) is 0 Å². The number of primary amides is 1. The van der Waals surface area contributed by atoms with Crippen molar-refractivity contribution in [3.8, 4) is 0 Å². The van der Waals surface area contributed by atoms with Crippen LogP contribution < -0.4 is 16.8 Å². The largest absolute Gasteiger partial charge is 0.369 e. The molecule has 1 aliphatic heterocycles. The van der Waals surface area contributed by atoms with Gasteiger partial charge in [-0.3, -0.25) is 14.5 Å². The number of carbonyl (C=O) groups excluding carboxylic acids is 2. The first kappa shape index (κ1) is 15.5. The molecule has 2 amide bonds. The van der Waals surface area contributed by atoms with Crippen molar-refractivity contribution >= 4 is 17.5 Å². The second kappa shape index (κ2) is 6.69. The number of nitrogens with one attached hydrogen (secondary N) is 1. The molecule has 0 radical (unpaired) electrons. The second-order valence-electron chi connectivity index (χ2n) is 5.45. The van der Waals surface area contributed by atoms with Gasteiger partial charge in [-0.05, 0) is 37.6 Å². The van der Waals surface area contributed by atoms with Gasteiger partial charge in [0.2, 0.25) is 11.8 Å². The van der Waals surface area contributed by atoms with E-state index in [1.165, 1.54) is 0 Å². The van der Waals surface area contributed by atoms with E-state index in [4.69, 9.17) is 11.5 Å². The fourth-order valence-electron chi connectivity index (χ4n) is 2.51. The minimum atomic E-state index is -0.289. The SMILES string of the molecule is CC(C(=O)Nc1ccc(CN)cc1)N1CCC(C(N)=O)C1. The molecule has 0 aliphatic carbocycles. The van der Waals surface area contributed by atoms with Gasteiger partial charge in [-0.2, -0.15) is 0 Å². The summed E-state index contributed by atoms with van der Waals surface area (Å²) < 4.78 is 0. The number of hydrogen-bond donors (Lipinski definition) is 3. The molecule has 114 valence electrons. The van der Waals surface area contributed by atoms with E-state index in [0.29, 0.717) is 19.6 Å². The van der Waals surface area contributed by atoms with Gasteiger partial charge in [-0.25, -0.2) is 0 Å². The second-order valence-corrected chi connectivity index (χ2v) is 5.45. The van der Waals surface area contributed by atoms with Crippen LogP contribution in [0.5, 0.6) is 0 Å². The standard InChI is InChI=1S/C15H22N4O2/c1-10(19-7-6-12(9-19)14(17)20)15(21)18-13-4-2-11(8-16)3-5-13/h2-5,10,12H,6-9,16H2,1H3,(H2,17,20)(H,18,21). The molecule has 0 saturated carbocycles. The first-order chi connectivity index (χ1) is 10.0. The molecule has 1 saturated heterocycles. The van der Waals surface area contributed by atoms with Crippen molar-refractivity contribution in [2.75, 3.05) is 18.4 Å². The third kappa shape index (κ3) is 3.80. The maximum Gasteiger partial charge on any atom is 0.241 e. The van der Waals surface area contributed by atoms with Crippen molar-refractivity contribution in [2.45, 2.75) is 25.9 Å². The predicted molar refractivity (Wildman–Crippen MR) is 81.3 cm³/mol. The van der Waals surface area contributed by atoms with E-state index >= 15 is 0 Å². The molecule has 1 fully saturated rings. The number of benzene rings is 1. The molecular formula is C15H22N4O2. The van der Waals surface area contributed by atoms with Crippen LogP contribution in [0.4, 0.5) is 5.69 Å². The molecule has 0 aromatic heterocycles. The maximum absolute atomic E-state index is 12.2. The van der Waals surface area contributed by atoms with Gasteiger partial charge in [0.1, 0.15) is 0 Å². The van der Waals surface area contributed by atoms with Gasteiger partial charge in [0.05, 0.1) is 12.0 Å². The van der Waals surface area contributed by atoms with Crippen molar-refractivity contribution in [3.63, 3.8) is 0 Å². The Kier molecular flexibility index (Phi) is 4.93. The van der Waals surface area contributed by atoms with Crippen LogP contribution in [0.3, 0.4) is 0 Å². The molecular weight excluding hydrogens is 268 g/mol. The van der Waals surface area contributed by atoms with E-state index < -0.39 is 0 Å². The number of likely N-dealkylation sites (tertiary alicyclic amines) is 1. The zero-order valence-electron chi connectivity index (χ0n) is 12.2. The van der Waals surface area contributed by atoms with Crippen LogP contribution in [-0.4, -0.2) is 35.8 Å². The zero-order valence-corrected chi connectivity index (χ0v) is 12.2. The number of hydrogen-bond acceptors (Lipinski definition) is 4. The lowest BCUT2D eigenvalue weighted by Crippen LogP contribution is -2.41. The summed E-state index contributed by atoms with van der Waals surface area (Å²) in [5.74, 6) is -0.521. The monoisotopic (exact) mass is 290 g/mol. The van der Waals surface area contributed by atoms with Gasteiger partial charge < -0.3 is 16.8 Å². The number of nitrogens with two attached hydrogens (primary N) is 2. The zero-order chi connectivity index (χ0) is 15.4. The summed E-state index contributed by atoms with van der Waals surface area (Å²) in [6.45, 7) is 3.59. The lowest BCUT2D eigenvalue weighted by molar-refractivity contribution is -0.123. The topological polar surface area (TPSA) is 101 Å². The molecule has 6 nitrogen and oxygen atoms in total. The minimum Gasteiger partial charge on any atom is -0.369 e. The Morgan fingerprint density at radius 3 is 2.57 bits per heavy atom. The molecule has 0 spiro atoms. The smallest absolute Gasteiger partial charge is 0.241 e. The Hall–Kier alpha value is -1.92. The van der Waals surface area contributed by atoms with Gasteiger partial charge in [-0.1, -0.05) is 12.1 Å². The molecule has 2 rings (SSSR count). The molecule has 6 heteroatoms. The van der Waals surface area contributed by atoms with Crippen molar-refractivity contribution in [3.05, 3.63) is 29.8 Å². The molecule has 1 aromatic rings. The van der Waals surface area contributed by atoms with Crippen molar-refractivity contribution < 1.29 is 9.59 Å². The summed E-state index contributed by atoms with van der Waals surface area (Å²) in [7, 11) is 0. The van der Waals surface area contributed by atoms with E-state index in [1.54, 1.807) is 0 Å². The molecule has 2 unspecified atom stereocenters. The van der Waals surface area contributed by atoms with Gasteiger partial charge in [0.15, 0.2) is 0 Å². The molecule has 5 N–H and O–H groups in total. The lowest BCUT2D eigenvalue weighted by Gasteiger charge is -2.23. The minimum absolute atomic E-state index is 0.0828. The van der Waals surface area contributed by atoms with E-state index in [9.17, 15) is 9.59 Å². The van der Waals surface area contributed by atoms with E-state index in [1.807, 2.05) is 36.1 Å². The van der Waals surface area contributed by atoms with Gasteiger partial charge in [-0.15, -0.1) is 0 Å². The maximum atomic E-state index is 12.2. The summed E-state index contributed by atoms with van der Waals surface area (Å²) in [6, 6.07) is 7.16. The van der Waals surface area contributed by atoms with Crippen LogP contribution >= 0.6 is 0 Å². The first-order valence-electron chi connectivity index (χ1n) is 7.14. The van der Waals surface area contributed by atoms with Gasteiger partial charge >= 0.3 is 0 Å². The van der Waals surface area contributed by atoms with Crippen molar-refractivity contribution in [1.82, 2.24) is 4.90 Å². The van der Waals surface area contributed by atoms with Crippen LogP contribution in [0.25, 0.3) is 0 Å². The predicted octanol–water partition coefficient (Wildman–Crippen LogP) is 0.280. The Balaban J connectivity index is 1.92. The van der Waals surface area contributed by atoms with E-state index in [2.05, 4.69) is 5.32 Å². The summed E-state index contributed by atoms with van der Waals surface area (Å²) in [4.78, 5) is 25.4. The van der Waals surface area contributed by atoms with Gasteiger partial charge in [0, 0.05) is 18.8 Å². The Labute approximate surface area is 124 Å². The third-order valence-corrected chi connectivity index (χ3v) is 4.01. The summed E-state index contributed by atoms with van der Waals surface area (Å²) in [6.07, 6.45) is 0.720. The molecule has 1 heterocycles. The number of anilines is 1. The lowest BCUT2D eigenvalue weighted by atomic mass is 10.1. The fourth-order valence-corrected chi connectivity index (χ4v) is 2.51. The molecule has 2 atom stereocenters. The Bertz CT molecular complexity index is 515. The fraction of sp³-hybridized carbons (Fsp3) is 0.467. The quantitative estimate of drug-likeness (QED) is 0.725. The van der Waals surface area contributed by atoms with Crippen molar-refractivity contribution in [1.29, 1.82) is 0 Å². The number of carbonyl (C=O) groups is 2. The van der Waals surface area contributed by atoms with Crippen molar-refractivity contribution in [2.24, 2.45) is 17.4 Å². The molecule has 21 heavy (non-hydrogen) atoms. The first-order valence-corrected chi connectivity index (χ1v) is 7.14. The molecule has 1 aliphatic rings. The average Bonchev–Trinajstić information content (AvgIpc) is 2.97. The van der Waals surface area contributed by atoms with Crippen LogP contribution in [0.2, 0.25) is 0 Å². The van der Waals surface area contributed by atoms with Crippen LogP contribution in [0, 0.1) is 5.92 Å². The summed E-state index contributed by atoms with van der Waals surface area (Å²) in [5, 5.41) is 2.88. The highest BCUT2D eigenvalue weighted by molar-refractivity contribution is 5.94.